The zero-order valence-corrected chi connectivity index (χ0v) is 3.51. The van der Waals surface area contributed by atoms with E-state index in [1.807, 2.05) is 0 Å². The van der Waals surface area contributed by atoms with E-state index < -0.39 is 12.0 Å². The van der Waals surface area contributed by atoms with Gasteiger partial charge in [0.2, 0.25) is 0 Å². The second kappa shape index (κ2) is 5.21. The molecule has 0 unspecified atom stereocenters. The van der Waals surface area contributed by atoms with Crippen LogP contribution in [0.5, 0.6) is 0 Å². The molecule has 0 bridgehead atoms. The molecule has 0 aliphatic rings. The van der Waals surface area contributed by atoms with Crippen LogP contribution in [0.25, 0.3) is 0 Å². The maximum absolute atomic E-state index is 9.57. The summed E-state index contributed by atoms with van der Waals surface area (Å²) >= 11 is 0. The monoisotopic (exact) mass is 129 g/mol. The third kappa shape index (κ3) is 7.07. The van der Waals surface area contributed by atoms with Gasteiger partial charge in [0.15, 0.2) is 0 Å². The van der Waals surface area contributed by atoms with E-state index in [2.05, 4.69) is 0 Å². The van der Waals surface area contributed by atoms with Crippen LogP contribution < -0.4 is 5.73 Å². The molecule has 1 atom stereocenters. The van der Waals surface area contributed by atoms with Gasteiger partial charge in [-0.25, -0.2) is 0 Å². The molecule has 0 aromatic heterocycles. The summed E-state index contributed by atoms with van der Waals surface area (Å²) in [4.78, 5) is 9.57. The minimum absolute atomic E-state index is 0. The second-order valence-electron chi connectivity index (χ2n) is 1.13. The van der Waals surface area contributed by atoms with Gasteiger partial charge in [-0.1, -0.05) is 0 Å². The molecule has 0 rings (SSSR count). The van der Waals surface area contributed by atoms with E-state index in [0.717, 1.165) is 0 Å². The van der Waals surface area contributed by atoms with Crippen molar-refractivity contribution in [1.82, 2.24) is 0 Å². The first-order valence-electron chi connectivity index (χ1n) is 1.63. The van der Waals surface area contributed by atoms with Gasteiger partial charge in [-0.3, -0.25) is 4.79 Å². The van der Waals surface area contributed by atoms with Gasteiger partial charge in [0.1, 0.15) is 6.04 Å². The van der Waals surface area contributed by atoms with Gasteiger partial charge in [0.25, 0.3) is 0 Å². The molecule has 0 aliphatic carbocycles. The molecular weight excluding hydrogens is 121 g/mol. The minimum atomic E-state index is -0.963. The summed E-state index contributed by atoms with van der Waals surface area (Å²) in [6, 6.07) is -0.731. The van der Waals surface area contributed by atoms with Crippen LogP contribution in [-0.2, 0) is 4.79 Å². The molecule has 0 amide bonds. The van der Waals surface area contributed by atoms with Crippen LogP contribution in [0.2, 0.25) is 0 Å². The Bertz CT molecular complexity index is 64.0. The van der Waals surface area contributed by atoms with Crippen LogP contribution in [0.15, 0.2) is 0 Å². The number of hydrogen-bond acceptors (Lipinski definition) is 2. The summed E-state index contributed by atoms with van der Waals surface area (Å²) < 4.78 is 0. The van der Waals surface area contributed by atoms with Crippen LogP contribution in [0.1, 0.15) is 6.92 Å². The van der Waals surface area contributed by atoms with Gasteiger partial charge in [0.05, 0.1) is 0 Å². The van der Waals surface area contributed by atoms with E-state index in [9.17, 15) is 4.79 Å². The fourth-order valence-electron chi connectivity index (χ4n) is 0. The van der Waals surface area contributed by atoms with E-state index in [4.69, 9.17) is 10.8 Å². The molecule has 4 heteroatoms. The van der Waals surface area contributed by atoms with Gasteiger partial charge in [0, 0.05) is 0 Å². The van der Waals surface area contributed by atoms with Crippen LogP contribution in [-0.4, -0.2) is 68.5 Å². The van der Waals surface area contributed by atoms with Crippen molar-refractivity contribution in [3.63, 3.8) is 0 Å². The Kier molecular flexibility index (Phi) is 8.14. The molecule has 0 saturated carbocycles. The summed E-state index contributed by atoms with van der Waals surface area (Å²) in [6.07, 6.45) is 0. The van der Waals surface area contributed by atoms with Crippen molar-refractivity contribution in [2.75, 3.05) is 0 Å². The number of carboxylic acids is 1. The van der Waals surface area contributed by atoms with Gasteiger partial charge < -0.3 is 10.8 Å². The van der Waals surface area contributed by atoms with Crippen molar-refractivity contribution >= 4 is 57.4 Å². The standard InChI is InChI=1S/C3H7NO2.K.H/c1-2(4)3(5)6;;/h2H,4H2,1H3,(H,5,6);;/t2-;;/m0../s1. The van der Waals surface area contributed by atoms with Gasteiger partial charge >= 0.3 is 57.4 Å². The van der Waals surface area contributed by atoms with Crippen molar-refractivity contribution in [2.24, 2.45) is 5.73 Å². The average Bonchev–Trinajstić information content (AvgIpc) is 1.36. The van der Waals surface area contributed by atoms with Crippen molar-refractivity contribution < 1.29 is 9.90 Å². The van der Waals surface area contributed by atoms with E-state index in [1.165, 1.54) is 6.92 Å². The first-order valence-corrected chi connectivity index (χ1v) is 1.63. The predicted molar refractivity (Wildman–Crippen MR) is 28.4 cm³/mol. The Morgan fingerprint density at radius 3 is 2.00 bits per heavy atom. The molecule has 0 radical (unpaired) electrons. The van der Waals surface area contributed by atoms with E-state index >= 15 is 0 Å². The number of aliphatic carboxylic acids is 1. The molecule has 3 nitrogen and oxygen atoms in total. The van der Waals surface area contributed by atoms with Crippen molar-refractivity contribution in [3.8, 4) is 0 Å². The maximum atomic E-state index is 9.57. The second-order valence-corrected chi connectivity index (χ2v) is 1.13. The molecule has 0 aromatic rings. The molecule has 0 heterocycles. The molecule has 38 valence electrons. The zero-order chi connectivity index (χ0) is 5.15. The first-order chi connectivity index (χ1) is 2.64. The van der Waals surface area contributed by atoms with Crippen LogP contribution in [0.4, 0.5) is 0 Å². The molecule has 0 saturated heterocycles. The molecule has 7 heavy (non-hydrogen) atoms. The Balaban J connectivity index is 0. The molecule has 0 aliphatic heterocycles. The zero-order valence-electron chi connectivity index (χ0n) is 3.51. The molecular formula is C3H8KNO2. The fraction of sp³-hybridized carbons (Fsp3) is 0.667. The van der Waals surface area contributed by atoms with Gasteiger partial charge in [-0.2, -0.15) is 0 Å². The number of hydrogen-bond donors (Lipinski definition) is 2. The van der Waals surface area contributed by atoms with Crippen molar-refractivity contribution in [2.45, 2.75) is 13.0 Å². The van der Waals surface area contributed by atoms with Crippen molar-refractivity contribution in [1.29, 1.82) is 0 Å². The number of nitrogens with two attached hydrogens (primary N) is 1. The summed E-state index contributed by atoms with van der Waals surface area (Å²) in [7, 11) is 0. The molecule has 0 aromatic carbocycles. The third-order valence-electron chi connectivity index (χ3n) is 0.390. The van der Waals surface area contributed by atoms with E-state index in [-0.39, 0.29) is 51.4 Å². The average molecular weight is 129 g/mol. The van der Waals surface area contributed by atoms with E-state index in [0.29, 0.717) is 0 Å². The first kappa shape index (κ1) is 10.9. The van der Waals surface area contributed by atoms with Gasteiger partial charge in [-0.15, -0.1) is 0 Å². The molecule has 3 N–H and O–H groups in total. The number of rotatable bonds is 1. The fourth-order valence-corrected chi connectivity index (χ4v) is 0. The number of carbonyl (C=O) groups is 1. The summed E-state index contributed by atoms with van der Waals surface area (Å²) in [5.41, 5.74) is 4.84. The van der Waals surface area contributed by atoms with Crippen LogP contribution in [0.3, 0.4) is 0 Å². The van der Waals surface area contributed by atoms with Gasteiger partial charge in [-0.05, 0) is 6.92 Å². The van der Waals surface area contributed by atoms with Crippen LogP contribution >= 0.6 is 0 Å². The SMILES string of the molecule is C[C@H](N)C(=O)O.[KH]. The quantitative estimate of drug-likeness (QED) is 0.436. The third-order valence-corrected chi connectivity index (χ3v) is 0.390. The predicted octanol–water partition coefficient (Wildman–Crippen LogP) is -1.23. The Morgan fingerprint density at radius 2 is 2.00 bits per heavy atom. The number of carboxylic acid groups (broad SMARTS) is 1. The Hall–Kier alpha value is 1.07. The van der Waals surface area contributed by atoms with Crippen LogP contribution in [0, 0.1) is 0 Å². The van der Waals surface area contributed by atoms with E-state index in [1.54, 1.807) is 0 Å². The Labute approximate surface area is 84.7 Å². The topological polar surface area (TPSA) is 63.3 Å². The van der Waals surface area contributed by atoms with Crippen molar-refractivity contribution in [3.05, 3.63) is 0 Å². The summed E-state index contributed by atoms with van der Waals surface area (Å²) in [5, 5.41) is 7.87. The molecule has 0 fully saturated rings. The normalized spacial score (nSPS) is 11.7. The Morgan fingerprint density at radius 1 is 1.86 bits per heavy atom. The summed E-state index contributed by atoms with van der Waals surface area (Å²) in [6.45, 7) is 1.42. The summed E-state index contributed by atoms with van der Waals surface area (Å²) in [5.74, 6) is -0.963. The molecule has 0 spiro atoms.